The highest BCUT2D eigenvalue weighted by Gasteiger charge is 2.23. The Hall–Kier alpha value is -2.86. The van der Waals surface area contributed by atoms with Crippen LogP contribution in [0.5, 0.6) is 11.5 Å². The average molecular weight is 391 g/mol. The molecule has 150 valence electrons. The summed E-state index contributed by atoms with van der Waals surface area (Å²) in [6.45, 7) is 6.70. The highest BCUT2D eigenvalue weighted by molar-refractivity contribution is 6.13. The zero-order valence-electron chi connectivity index (χ0n) is 16.5. The minimum atomic E-state index is -0.182. The SMILES string of the molecule is O=C1N=Cc2ccc(OCCCN3CCN(c4cccc5c4CCO5)CC3)cc21. The number of nitrogens with zero attached hydrogens (tertiary/aromatic N) is 3. The van der Waals surface area contributed by atoms with Crippen LogP contribution in [0.3, 0.4) is 0 Å². The summed E-state index contributed by atoms with van der Waals surface area (Å²) < 4.78 is 11.6. The highest BCUT2D eigenvalue weighted by atomic mass is 16.5. The van der Waals surface area contributed by atoms with Gasteiger partial charge in [0, 0.05) is 62.2 Å². The van der Waals surface area contributed by atoms with E-state index in [-0.39, 0.29) is 5.91 Å². The maximum absolute atomic E-state index is 11.7. The third-order valence-corrected chi connectivity index (χ3v) is 5.89. The first-order chi connectivity index (χ1) is 14.3. The minimum Gasteiger partial charge on any atom is -0.494 e. The first kappa shape index (κ1) is 18.2. The molecule has 0 aromatic heterocycles. The van der Waals surface area contributed by atoms with Crippen molar-refractivity contribution in [2.75, 3.05) is 50.8 Å². The van der Waals surface area contributed by atoms with Crippen LogP contribution in [-0.4, -0.2) is 63.0 Å². The van der Waals surface area contributed by atoms with Crippen LogP contribution in [0.1, 0.15) is 27.9 Å². The Kier molecular flexibility index (Phi) is 4.94. The number of carbonyl (C=O) groups excluding carboxylic acids is 1. The highest BCUT2D eigenvalue weighted by Crippen LogP contribution is 2.34. The number of hydrogen-bond donors (Lipinski definition) is 0. The van der Waals surface area contributed by atoms with Gasteiger partial charge in [0.05, 0.1) is 18.8 Å². The summed E-state index contributed by atoms with van der Waals surface area (Å²) in [6, 6.07) is 12.0. The largest absolute Gasteiger partial charge is 0.494 e. The molecule has 3 aliphatic heterocycles. The fourth-order valence-electron chi connectivity index (χ4n) is 4.31. The summed E-state index contributed by atoms with van der Waals surface area (Å²) in [7, 11) is 0. The smallest absolute Gasteiger partial charge is 0.277 e. The number of benzene rings is 2. The van der Waals surface area contributed by atoms with Crippen molar-refractivity contribution >= 4 is 17.8 Å². The first-order valence-corrected chi connectivity index (χ1v) is 10.4. The molecule has 0 radical (unpaired) electrons. The Balaban J connectivity index is 1.07. The van der Waals surface area contributed by atoms with Gasteiger partial charge in [-0.25, -0.2) is 4.99 Å². The molecule has 3 heterocycles. The maximum Gasteiger partial charge on any atom is 0.277 e. The summed E-state index contributed by atoms with van der Waals surface area (Å²) in [5.41, 5.74) is 4.22. The van der Waals surface area contributed by atoms with Crippen molar-refractivity contribution in [2.24, 2.45) is 4.99 Å². The molecule has 0 atom stereocenters. The number of carbonyl (C=O) groups is 1. The second-order valence-electron chi connectivity index (χ2n) is 7.70. The van der Waals surface area contributed by atoms with Crippen LogP contribution in [-0.2, 0) is 6.42 Å². The molecule has 5 rings (SSSR count). The van der Waals surface area contributed by atoms with Crippen molar-refractivity contribution in [3.63, 3.8) is 0 Å². The molecule has 29 heavy (non-hydrogen) atoms. The average Bonchev–Trinajstić information content (AvgIpc) is 3.38. The number of fused-ring (bicyclic) bond motifs is 2. The molecule has 0 unspecified atom stereocenters. The number of aliphatic imine (C=N–C) groups is 1. The molecule has 1 amide bonds. The first-order valence-electron chi connectivity index (χ1n) is 10.4. The van der Waals surface area contributed by atoms with Gasteiger partial charge in [0.25, 0.3) is 5.91 Å². The van der Waals surface area contributed by atoms with E-state index in [1.165, 1.54) is 11.3 Å². The van der Waals surface area contributed by atoms with Crippen LogP contribution in [0.4, 0.5) is 5.69 Å². The monoisotopic (exact) mass is 391 g/mol. The molecule has 6 heteroatoms. The Bertz CT molecular complexity index is 948. The molecule has 2 aromatic carbocycles. The van der Waals surface area contributed by atoms with Crippen LogP contribution >= 0.6 is 0 Å². The molecule has 0 aliphatic carbocycles. The normalized spacial score (nSPS) is 17.9. The fourth-order valence-corrected chi connectivity index (χ4v) is 4.31. The van der Waals surface area contributed by atoms with E-state index in [0.717, 1.165) is 69.2 Å². The van der Waals surface area contributed by atoms with Crippen LogP contribution in [0.2, 0.25) is 0 Å². The molecular weight excluding hydrogens is 366 g/mol. The lowest BCUT2D eigenvalue weighted by molar-refractivity contribution is 0.101. The van der Waals surface area contributed by atoms with Crippen molar-refractivity contribution in [2.45, 2.75) is 12.8 Å². The standard InChI is InChI=1S/C23H25N3O3/c27-23-20-15-18(6-5-17(20)16-24-23)28-13-2-8-25-9-11-26(12-10-25)21-3-1-4-22-19(21)7-14-29-22/h1,3-6,15-16H,2,7-14H2. The van der Waals surface area contributed by atoms with Gasteiger partial charge in [0.1, 0.15) is 11.5 Å². The lowest BCUT2D eigenvalue weighted by Gasteiger charge is -2.36. The van der Waals surface area contributed by atoms with Gasteiger partial charge in [-0.15, -0.1) is 0 Å². The van der Waals surface area contributed by atoms with Crippen molar-refractivity contribution < 1.29 is 14.3 Å². The van der Waals surface area contributed by atoms with Gasteiger partial charge >= 0.3 is 0 Å². The van der Waals surface area contributed by atoms with Gasteiger partial charge in [-0.2, -0.15) is 0 Å². The summed E-state index contributed by atoms with van der Waals surface area (Å²) in [4.78, 5) is 20.5. The third-order valence-electron chi connectivity index (χ3n) is 5.89. The van der Waals surface area contributed by atoms with E-state index in [9.17, 15) is 4.79 Å². The van der Waals surface area contributed by atoms with Crippen molar-refractivity contribution in [3.8, 4) is 11.5 Å². The predicted octanol–water partition coefficient (Wildman–Crippen LogP) is 2.79. The Morgan fingerprint density at radius 3 is 2.90 bits per heavy atom. The fraction of sp³-hybridized carbons (Fsp3) is 0.391. The van der Waals surface area contributed by atoms with E-state index in [1.54, 1.807) is 12.3 Å². The molecule has 1 fully saturated rings. The van der Waals surface area contributed by atoms with E-state index in [1.807, 2.05) is 12.1 Å². The van der Waals surface area contributed by atoms with Gasteiger partial charge < -0.3 is 14.4 Å². The van der Waals surface area contributed by atoms with Gasteiger partial charge in [-0.05, 0) is 36.8 Å². The Morgan fingerprint density at radius 1 is 1.10 bits per heavy atom. The Morgan fingerprint density at radius 2 is 2.00 bits per heavy atom. The lowest BCUT2D eigenvalue weighted by Crippen LogP contribution is -2.47. The molecular formula is C23H25N3O3. The van der Waals surface area contributed by atoms with Gasteiger partial charge in [-0.3, -0.25) is 9.69 Å². The predicted molar refractivity (Wildman–Crippen MR) is 113 cm³/mol. The van der Waals surface area contributed by atoms with Crippen LogP contribution in [0.25, 0.3) is 0 Å². The second kappa shape index (κ2) is 7.87. The van der Waals surface area contributed by atoms with E-state index in [2.05, 4.69) is 33.0 Å². The van der Waals surface area contributed by atoms with E-state index in [4.69, 9.17) is 9.47 Å². The van der Waals surface area contributed by atoms with Gasteiger partial charge in [0.2, 0.25) is 0 Å². The molecule has 2 aromatic rings. The number of anilines is 1. The summed E-state index contributed by atoms with van der Waals surface area (Å²) >= 11 is 0. The molecule has 0 bridgehead atoms. The molecule has 6 nitrogen and oxygen atoms in total. The van der Waals surface area contributed by atoms with Crippen LogP contribution in [0, 0.1) is 0 Å². The molecule has 3 aliphatic rings. The number of piperazine rings is 1. The van der Waals surface area contributed by atoms with Crippen LogP contribution in [0.15, 0.2) is 41.4 Å². The lowest BCUT2D eigenvalue weighted by atomic mass is 10.1. The second-order valence-corrected chi connectivity index (χ2v) is 7.70. The van der Waals surface area contributed by atoms with E-state index < -0.39 is 0 Å². The zero-order valence-corrected chi connectivity index (χ0v) is 16.5. The van der Waals surface area contributed by atoms with Gasteiger partial charge in [-0.1, -0.05) is 6.07 Å². The maximum atomic E-state index is 11.7. The molecule has 0 saturated carbocycles. The van der Waals surface area contributed by atoms with E-state index in [0.29, 0.717) is 12.2 Å². The number of rotatable bonds is 6. The quantitative estimate of drug-likeness (QED) is 0.709. The summed E-state index contributed by atoms with van der Waals surface area (Å²) in [5.74, 6) is 1.62. The number of hydrogen-bond acceptors (Lipinski definition) is 5. The summed E-state index contributed by atoms with van der Waals surface area (Å²) in [5, 5.41) is 0. The van der Waals surface area contributed by atoms with Crippen molar-refractivity contribution in [3.05, 3.63) is 53.1 Å². The van der Waals surface area contributed by atoms with Crippen LogP contribution < -0.4 is 14.4 Å². The third kappa shape index (κ3) is 3.72. The van der Waals surface area contributed by atoms with Crippen molar-refractivity contribution in [1.29, 1.82) is 0 Å². The topological polar surface area (TPSA) is 54.4 Å². The molecule has 0 spiro atoms. The van der Waals surface area contributed by atoms with Crippen molar-refractivity contribution in [1.82, 2.24) is 4.90 Å². The minimum absolute atomic E-state index is 0.182. The molecule has 1 saturated heterocycles. The Labute approximate surface area is 170 Å². The summed E-state index contributed by atoms with van der Waals surface area (Å²) in [6.07, 6.45) is 3.59. The van der Waals surface area contributed by atoms with E-state index >= 15 is 0 Å². The zero-order chi connectivity index (χ0) is 19.6. The number of amides is 1. The van der Waals surface area contributed by atoms with Gasteiger partial charge in [0.15, 0.2) is 0 Å². The molecule has 0 N–H and O–H groups in total. The number of ether oxygens (including phenoxy) is 2.